The van der Waals surface area contributed by atoms with Gasteiger partial charge in [-0.3, -0.25) is 9.89 Å². The van der Waals surface area contributed by atoms with Gasteiger partial charge in [-0.15, -0.1) is 0 Å². The first-order valence-electron chi connectivity index (χ1n) is 7.56. The van der Waals surface area contributed by atoms with Gasteiger partial charge in [-0.05, 0) is 45.8 Å². The van der Waals surface area contributed by atoms with Crippen LogP contribution in [-0.2, 0) is 7.05 Å². The van der Waals surface area contributed by atoms with Crippen molar-refractivity contribution in [3.8, 4) is 11.4 Å². The van der Waals surface area contributed by atoms with Crippen molar-refractivity contribution in [1.29, 1.82) is 0 Å². The molecule has 1 amide bonds. The zero-order valence-corrected chi connectivity index (χ0v) is 15.1. The number of aromatic amines is 1. The first-order chi connectivity index (χ1) is 12.1. The number of nitrogens with zero attached hydrogens (tertiary/aromatic N) is 3. The molecule has 0 aliphatic rings. The molecule has 0 spiro atoms. The van der Waals surface area contributed by atoms with E-state index in [-0.39, 0.29) is 5.91 Å². The van der Waals surface area contributed by atoms with E-state index in [2.05, 4.69) is 36.7 Å². The first kappa shape index (κ1) is 16.9. The Morgan fingerprint density at radius 3 is 2.80 bits per heavy atom. The predicted octanol–water partition coefficient (Wildman–Crippen LogP) is 3.57. The van der Waals surface area contributed by atoms with Crippen LogP contribution in [0.2, 0.25) is 0 Å². The monoisotopic (exact) mass is 397 g/mol. The fourth-order valence-corrected chi connectivity index (χ4v) is 2.62. The second-order valence-corrected chi connectivity index (χ2v) is 6.23. The highest BCUT2D eigenvalue weighted by atomic mass is 79.9. The number of halogens is 1. The number of hydrogen-bond donors (Lipinski definition) is 2. The van der Waals surface area contributed by atoms with Gasteiger partial charge in [0, 0.05) is 17.7 Å². The maximum atomic E-state index is 12.1. The fourth-order valence-electron chi connectivity index (χ4n) is 2.26. The third-order valence-electron chi connectivity index (χ3n) is 3.49. The van der Waals surface area contributed by atoms with E-state index in [1.165, 1.54) is 6.21 Å². The Morgan fingerprint density at radius 2 is 2.08 bits per heavy atom. The lowest BCUT2D eigenvalue weighted by molar-refractivity contribution is 0.0950. The van der Waals surface area contributed by atoms with Gasteiger partial charge in [-0.1, -0.05) is 30.3 Å². The zero-order valence-electron chi connectivity index (χ0n) is 13.5. The lowest BCUT2D eigenvalue weighted by Crippen LogP contribution is -2.17. The van der Waals surface area contributed by atoms with Crippen LogP contribution in [0.5, 0.6) is 0 Å². The molecule has 2 N–H and O–H groups in total. The van der Waals surface area contributed by atoms with Crippen LogP contribution < -0.4 is 5.43 Å². The summed E-state index contributed by atoms with van der Waals surface area (Å²) in [5, 5.41) is 10.8. The van der Waals surface area contributed by atoms with Gasteiger partial charge in [0.1, 0.15) is 11.4 Å². The molecule has 25 heavy (non-hydrogen) atoms. The largest absolute Gasteiger partial charge is 0.349 e. The average molecular weight is 398 g/mol. The number of carbonyl (C=O) groups excluding carboxylic acids is 1. The molecule has 0 aliphatic heterocycles. The van der Waals surface area contributed by atoms with Crippen LogP contribution in [0.3, 0.4) is 0 Å². The maximum absolute atomic E-state index is 12.1. The Kier molecular flexibility index (Phi) is 5.25. The SMILES string of the molecule is Cn1cccc1-c1cc(C(=O)N/N=C/C(Br)=C/c2ccccc2)[nH]n1. The van der Waals surface area contributed by atoms with Crippen molar-refractivity contribution in [2.24, 2.45) is 12.1 Å². The van der Waals surface area contributed by atoms with Gasteiger partial charge in [-0.2, -0.15) is 10.2 Å². The highest BCUT2D eigenvalue weighted by Crippen LogP contribution is 2.17. The summed E-state index contributed by atoms with van der Waals surface area (Å²) >= 11 is 3.40. The van der Waals surface area contributed by atoms with Crippen molar-refractivity contribution in [3.05, 3.63) is 70.5 Å². The molecule has 6 nitrogen and oxygen atoms in total. The minimum Gasteiger partial charge on any atom is -0.349 e. The molecular formula is C18H16BrN5O. The van der Waals surface area contributed by atoms with Gasteiger partial charge in [0.15, 0.2) is 0 Å². The number of hydrazone groups is 1. The molecule has 0 saturated heterocycles. The van der Waals surface area contributed by atoms with Crippen molar-refractivity contribution in [3.63, 3.8) is 0 Å². The van der Waals surface area contributed by atoms with E-state index in [9.17, 15) is 4.79 Å². The summed E-state index contributed by atoms with van der Waals surface area (Å²) in [6.45, 7) is 0. The number of allylic oxidation sites excluding steroid dienone is 1. The Hall–Kier alpha value is -2.93. The average Bonchev–Trinajstić information content (AvgIpc) is 3.24. The summed E-state index contributed by atoms with van der Waals surface area (Å²) < 4.78 is 2.68. The number of amides is 1. The molecule has 0 unspecified atom stereocenters. The number of H-pyrrole nitrogens is 1. The Morgan fingerprint density at radius 1 is 1.28 bits per heavy atom. The summed E-state index contributed by atoms with van der Waals surface area (Å²) in [5.74, 6) is -0.357. The number of aryl methyl sites for hydroxylation is 1. The van der Waals surface area contributed by atoms with Crippen LogP contribution in [0.25, 0.3) is 17.5 Å². The van der Waals surface area contributed by atoms with E-state index in [0.29, 0.717) is 11.4 Å². The van der Waals surface area contributed by atoms with Crippen LogP contribution in [0.1, 0.15) is 16.1 Å². The Balaban J connectivity index is 1.62. The molecule has 0 bridgehead atoms. The molecule has 3 rings (SSSR count). The maximum Gasteiger partial charge on any atom is 0.289 e. The number of nitrogens with one attached hydrogen (secondary N) is 2. The quantitative estimate of drug-likeness (QED) is 0.509. The van der Waals surface area contributed by atoms with Crippen LogP contribution in [0, 0.1) is 0 Å². The molecule has 0 aliphatic carbocycles. The van der Waals surface area contributed by atoms with Gasteiger partial charge in [-0.25, -0.2) is 5.43 Å². The van der Waals surface area contributed by atoms with Gasteiger partial charge in [0.05, 0.1) is 11.9 Å². The number of rotatable bonds is 5. The van der Waals surface area contributed by atoms with E-state index < -0.39 is 0 Å². The van der Waals surface area contributed by atoms with E-state index >= 15 is 0 Å². The molecule has 7 heteroatoms. The van der Waals surface area contributed by atoms with Crippen LogP contribution in [0.4, 0.5) is 0 Å². The second kappa shape index (κ2) is 7.76. The lowest BCUT2D eigenvalue weighted by Gasteiger charge is -1.97. The minimum absolute atomic E-state index is 0.344. The van der Waals surface area contributed by atoms with Crippen molar-refractivity contribution in [2.45, 2.75) is 0 Å². The predicted molar refractivity (Wildman–Crippen MR) is 102 cm³/mol. The van der Waals surface area contributed by atoms with Crippen molar-refractivity contribution >= 4 is 34.1 Å². The fraction of sp³-hybridized carbons (Fsp3) is 0.0556. The van der Waals surface area contributed by atoms with Crippen molar-refractivity contribution in [1.82, 2.24) is 20.2 Å². The van der Waals surface area contributed by atoms with E-state index in [1.807, 2.05) is 66.4 Å². The highest BCUT2D eigenvalue weighted by molar-refractivity contribution is 9.12. The summed E-state index contributed by atoms with van der Waals surface area (Å²) in [6.07, 6.45) is 5.35. The summed E-state index contributed by atoms with van der Waals surface area (Å²) in [6, 6.07) is 15.4. The van der Waals surface area contributed by atoms with Gasteiger partial charge in [0.25, 0.3) is 5.91 Å². The van der Waals surface area contributed by atoms with Crippen LogP contribution in [-0.4, -0.2) is 26.9 Å². The van der Waals surface area contributed by atoms with Gasteiger partial charge < -0.3 is 4.57 Å². The normalized spacial score (nSPS) is 11.8. The van der Waals surface area contributed by atoms with Gasteiger partial charge >= 0.3 is 0 Å². The topological polar surface area (TPSA) is 75.1 Å². The van der Waals surface area contributed by atoms with Crippen LogP contribution in [0.15, 0.2) is 64.3 Å². The number of aromatic nitrogens is 3. The number of benzene rings is 1. The lowest BCUT2D eigenvalue weighted by atomic mass is 10.2. The summed E-state index contributed by atoms with van der Waals surface area (Å²) in [4.78, 5) is 12.1. The second-order valence-electron chi connectivity index (χ2n) is 5.31. The number of hydrogen-bond acceptors (Lipinski definition) is 3. The van der Waals surface area contributed by atoms with Gasteiger partial charge in [0.2, 0.25) is 0 Å². The molecule has 0 atom stereocenters. The molecule has 1 aromatic carbocycles. The van der Waals surface area contributed by atoms with Crippen molar-refractivity contribution in [2.75, 3.05) is 0 Å². The minimum atomic E-state index is -0.357. The molecule has 0 saturated carbocycles. The molecule has 0 radical (unpaired) electrons. The van der Waals surface area contributed by atoms with E-state index in [4.69, 9.17) is 0 Å². The Labute approximate surface area is 153 Å². The van der Waals surface area contributed by atoms with Crippen LogP contribution >= 0.6 is 15.9 Å². The summed E-state index contributed by atoms with van der Waals surface area (Å²) in [5.41, 5.74) is 5.47. The zero-order chi connectivity index (χ0) is 17.6. The highest BCUT2D eigenvalue weighted by Gasteiger charge is 2.11. The van der Waals surface area contributed by atoms with Crippen molar-refractivity contribution < 1.29 is 4.79 Å². The third-order valence-corrected chi connectivity index (χ3v) is 3.92. The number of carbonyl (C=O) groups is 1. The first-order valence-corrected chi connectivity index (χ1v) is 8.35. The Bertz CT molecular complexity index is 924. The van der Waals surface area contributed by atoms with E-state index in [1.54, 1.807) is 6.07 Å². The molecule has 2 heterocycles. The molecule has 126 valence electrons. The molecule has 3 aromatic rings. The molecular weight excluding hydrogens is 382 g/mol. The third kappa shape index (κ3) is 4.33. The van der Waals surface area contributed by atoms with E-state index in [0.717, 1.165) is 15.7 Å². The smallest absolute Gasteiger partial charge is 0.289 e. The molecule has 2 aromatic heterocycles. The standard InChI is InChI=1S/C18H16BrN5O/c1-24-9-5-8-17(24)15-11-16(22-21-15)18(25)23-20-12-14(19)10-13-6-3-2-4-7-13/h2-12H,1H3,(H,21,22)(H,23,25)/b14-10-,20-12+. The molecule has 0 fully saturated rings. The summed E-state index contributed by atoms with van der Waals surface area (Å²) in [7, 11) is 1.92.